The molecule has 3 heterocycles. The second-order valence-electron chi connectivity index (χ2n) is 7.23. The second-order valence-corrected chi connectivity index (χ2v) is 7.23. The van der Waals surface area contributed by atoms with Crippen LogP contribution in [-0.2, 0) is 16.1 Å². The smallest absolute Gasteiger partial charge is 0.311 e. The van der Waals surface area contributed by atoms with E-state index in [0.29, 0.717) is 13.1 Å². The summed E-state index contributed by atoms with van der Waals surface area (Å²) in [7, 11) is 0. The molecule has 2 aromatic rings. The zero-order valence-electron chi connectivity index (χ0n) is 14.6. The molecule has 2 aliphatic heterocycles. The van der Waals surface area contributed by atoms with Crippen LogP contribution in [0.15, 0.2) is 36.4 Å². The van der Waals surface area contributed by atoms with E-state index in [1.54, 1.807) is 4.90 Å². The van der Waals surface area contributed by atoms with Gasteiger partial charge in [-0.3, -0.25) is 14.7 Å². The van der Waals surface area contributed by atoms with Gasteiger partial charge >= 0.3 is 11.8 Å². The Labute approximate surface area is 152 Å². The van der Waals surface area contributed by atoms with Gasteiger partial charge in [-0.2, -0.15) is 5.10 Å². The number of carbonyl (C=O) groups excluding carboxylic acids is 2. The number of hydrogen-bond acceptors (Lipinski definition) is 4. The van der Waals surface area contributed by atoms with Gasteiger partial charge in [-0.15, -0.1) is 0 Å². The Bertz CT molecular complexity index is 795. The van der Waals surface area contributed by atoms with Gasteiger partial charge in [-0.25, -0.2) is 0 Å². The number of amides is 2. The molecule has 2 aliphatic rings. The van der Waals surface area contributed by atoms with Gasteiger partial charge in [0.2, 0.25) is 0 Å². The number of likely N-dealkylation sites (tertiary alicyclic amines) is 1. The van der Waals surface area contributed by atoms with Gasteiger partial charge < -0.3 is 15.5 Å². The Morgan fingerprint density at radius 2 is 2.08 bits per heavy atom. The van der Waals surface area contributed by atoms with Crippen molar-refractivity contribution >= 4 is 11.8 Å². The van der Waals surface area contributed by atoms with Gasteiger partial charge in [0.1, 0.15) is 0 Å². The van der Waals surface area contributed by atoms with E-state index in [0.717, 1.165) is 42.9 Å². The molecule has 7 heteroatoms. The fourth-order valence-corrected chi connectivity index (χ4v) is 3.86. The number of rotatable bonds is 3. The van der Waals surface area contributed by atoms with E-state index in [4.69, 9.17) is 0 Å². The van der Waals surface area contributed by atoms with Crippen molar-refractivity contribution in [3.63, 3.8) is 0 Å². The average molecular weight is 353 g/mol. The number of nitrogens with one attached hydrogen (secondary N) is 3. The third kappa shape index (κ3) is 3.35. The number of nitrogens with zero attached hydrogens (tertiary/aromatic N) is 2. The SMILES string of the molecule is O=C(NCc1cc(-c2ccccc2)n[nH]1)C(=O)N1CCC2(CCNC2)C1. The minimum Gasteiger partial charge on any atom is -0.342 e. The molecule has 1 atom stereocenters. The number of hydrogen-bond donors (Lipinski definition) is 3. The fourth-order valence-electron chi connectivity index (χ4n) is 3.86. The summed E-state index contributed by atoms with van der Waals surface area (Å²) in [5.41, 5.74) is 2.76. The summed E-state index contributed by atoms with van der Waals surface area (Å²) in [5, 5.41) is 13.2. The van der Waals surface area contributed by atoms with Crippen LogP contribution < -0.4 is 10.6 Å². The number of benzene rings is 1. The Kier molecular flexibility index (Phi) is 4.46. The molecule has 2 amide bonds. The monoisotopic (exact) mass is 353 g/mol. The van der Waals surface area contributed by atoms with Crippen LogP contribution in [0.25, 0.3) is 11.3 Å². The summed E-state index contributed by atoms with van der Waals surface area (Å²) in [6, 6.07) is 11.7. The summed E-state index contributed by atoms with van der Waals surface area (Å²) in [6.45, 7) is 3.53. The second kappa shape index (κ2) is 6.92. The fraction of sp³-hybridized carbons (Fsp3) is 0.421. The minimum absolute atomic E-state index is 0.171. The number of aromatic nitrogens is 2. The van der Waals surface area contributed by atoms with E-state index < -0.39 is 11.8 Å². The Balaban J connectivity index is 1.31. The molecule has 1 unspecified atom stereocenters. The van der Waals surface area contributed by atoms with Crippen molar-refractivity contribution in [2.45, 2.75) is 19.4 Å². The first-order valence-electron chi connectivity index (χ1n) is 9.03. The third-order valence-electron chi connectivity index (χ3n) is 5.39. The van der Waals surface area contributed by atoms with Crippen molar-refractivity contribution in [2.75, 3.05) is 26.2 Å². The molecule has 3 N–H and O–H groups in total. The maximum Gasteiger partial charge on any atom is 0.311 e. The van der Waals surface area contributed by atoms with Gasteiger partial charge in [-0.05, 0) is 25.5 Å². The van der Waals surface area contributed by atoms with Gasteiger partial charge in [0, 0.05) is 30.6 Å². The zero-order valence-corrected chi connectivity index (χ0v) is 14.6. The quantitative estimate of drug-likeness (QED) is 0.716. The third-order valence-corrected chi connectivity index (χ3v) is 5.39. The molecule has 4 rings (SSSR count). The van der Waals surface area contributed by atoms with Crippen LogP contribution in [0.3, 0.4) is 0 Å². The summed E-state index contributed by atoms with van der Waals surface area (Å²) in [5.74, 6) is -0.986. The van der Waals surface area contributed by atoms with Crippen molar-refractivity contribution in [3.8, 4) is 11.3 Å². The minimum atomic E-state index is -0.552. The van der Waals surface area contributed by atoms with Crippen LogP contribution in [-0.4, -0.2) is 53.1 Å². The number of carbonyl (C=O) groups is 2. The first-order valence-corrected chi connectivity index (χ1v) is 9.03. The van der Waals surface area contributed by atoms with Crippen molar-refractivity contribution in [1.29, 1.82) is 0 Å². The van der Waals surface area contributed by atoms with E-state index >= 15 is 0 Å². The van der Waals surface area contributed by atoms with Gasteiger partial charge in [-0.1, -0.05) is 30.3 Å². The summed E-state index contributed by atoms with van der Waals surface area (Å²) < 4.78 is 0. The van der Waals surface area contributed by atoms with Gasteiger partial charge in [0.15, 0.2) is 0 Å². The predicted molar refractivity (Wildman–Crippen MR) is 97.0 cm³/mol. The van der Waals surface area contributed by atoms with E-state index in [9.17, 15) is 9.59 Å². The average Bonchev–Trinajstić information content (AvgIpc) is 3.42. The van der Waals surface area contributed by atoms with Crippen molar-refractivity contribution < 1.29 is 9.59 Å². The van der Waals surface area contributed by atoms with E-state index in [2.05, 4.69) is 20.8 Å². The highest BCUT2D eigenvalue weighted by atomic mass is 16.2. The molecule has 2 saturated heterocycles. The van der Waals surface area contributed by atoms with E-state index in [-0.39, 0.29) is 12.0 Å². The van der Waals surface area contributed by atoms with Crippen molar-refractivity contribution in [1.82, 2.24) is 25.7 Å². The molecule has 0 aliphatic carbocycles. The Hall–Kier alpha value is -2.67. The molecule has 2 fully saturated rings. The molecule has 26 heavy (non-hydrogen) atoms. The lowest BCUT2D eigenvalue weighted by Crippen LogP contribution is -2.42. The van der Waals surface area contributed by atoms with Gasteiger partial charge in [0.25, 0.3) is 0 Å². The standard InChI is InChI=1S/C19H23N5O2/c25-17(18(26)24-9-7-19(13-24)6-8-20-12-19)21-11-15-10-16(23-22-15)14-4-2-1-3-5-14/h1-5,10,20H,6-9,11-13H2,(H,21,25)(H,22,23). The van der Waals surface area contributed by atoms with E-state index in [1.807, 2.05) is 36.4 Å². The van der Waals surface area contributed by atoms with Crippen LogP contribution in [0.2, 0.25) is 0 Å². The topological polar surface area (TPSA) is 90.1 Å². The van der Waals surface area contributed by atoms with Crippen LogP contribution in [0.1, 0.15) is 18.5 Å². The molecule has 0 radical (unpaired) electrons. The highest BCUT2D eigenvalue weighted by Gasteiger charge is 2.42. The molecule has 136 valence electrons. The number of aromatic amines is 1. The highest BCUT2D eigenvalue weighted by Crippen LogP contribution is 2.35. The summed E-state index contributed by atoms with van der Waals surface area (Å²) in [6.07, 6.45) is 2.05. The summed E-state index contributed by atoms with van der Waals surface area (Å²) >= 11 is 0. The number of H-pyrrole nitrogens is 1. The molecule has 1 spiro atoms. The molecule has 7 nitrogen and oxygen atoms in total. The van der Waals surface area contributed by atoms with E-state index in [1.165, 1.54) is 0 Å². The van der Waals surface area contributed by atoms with Crippen LogP contribution in [0.5, 0.6) is 0 Å². The Morgan fingerprint density at radius 3 is 2.85 bits per heavy atom. The summed E-state index contributed by atoms with van der Waals surface area (Å²) in [4.78, 5) is 26.3. The largest absolute Gasteiger partial charge is 0.342 e. The maximum absolute atomic E-state index is 12.4. The first kappa shape index (κ1) is 16.8. The molecular weight excluding hydrogens is 330 g/mol. The lowest BCUT2D eigenvalue weighted by atomic mass is 9.87. The van der Waals surface area contributed by atoms with Crippen molar-refractivity contribution in [3.05, 3.63) is 42.1 Å². The normalized spacial score (nSPS) is 22.1. The lowest BCUT2D eigenvalue weighted by molar-refractivity contribution is -0.145. The molecular formula is C19H23N5O2. The van der Waals surface area contributed by atoms with Gasteiger partial charge in [0.05, 0.1) is 17.9 Å². The molecule has 1 aromatic carbocycles. The molecule has 0 saturated carbocycles. The highest BCUT2D eigenvalue weighted by molar-refractivity contribution is 6.35. The molecule has 1 aromatic heterocycles. The molecule has 0 bridgehead atoms. The van der Waals surface area contributed by atoms with Crippen LogP contribution in [0.4, 0.5) is 0 Å². The Morgan fingerprint density at radius 1 is 1.23 bits per heavy atom. The predicted octanol–water partition coefficient (Wildman–Crippen LogP) is 0.905. The first-order chi connectivity index (χ1) is 12.7. The van der Waals surface area contributed by atoms with Crippen molar-refractivity contribution in [2.24, 2.45) is 5.41 Å². The lowest BCUT2D eigenvalue weighted by Gasteiger charge is -2.22. The zero-order chi connectivity index (χ0) is 18.0. The van der Waals surface area contributed by atoms with Crippen LogP contribution >= 0.6 is 0 Å². The van der Waals surface area contributed by atoms with Crippen LogP contribution in [0, 0.1) is 5.41 Å². The maximum atomic E-state index is 12.4.